The van der Waals surface area contributed by atoms with Gasteiger partial charge in [-0.25, -0.2) is 0 Å². The number of amides is 1. The van der Waals surface area contributed by atoms with Gasteiger partial charge in [-0.15, -0.1) is 12.4 Å². The van der Waals surface area contributed by atoms with Crippen LogP contribution >= 0.6 is 12.4 Å². The summed E-state index contributed by atoms with van der Waals surface area (Å²) in [6.07, 6.45) is 2.62. The van der Waals surface area contributed by atoms with E-state index in [1.165, 1.54) is 18.4 Å². The van der Waals surface area contributed by atoms with Crippen LogP contribution in [0.15, 0.2) is 24.3 Å². The van der Waals surface area contributed by atoms with Gasteiger partial charge >= 0.3 is 0 Å². The summed E-state index contributed by atoms with van der Waals surface area (Å²) in [7, 11) is 0. The molecular weight excluding hydrogens is 236 g/mol. The van der Waals surface area contributed by atoms with Crippen LogP contribution in [0.5, 0.6) is 0 Å². The molecule has 1 saturated carbocycles. The van der Waals surface area contributed by atoms with E-state index in [4.69, 9.17) is 0 Å². The van der Waals surface area contributed by atoms with Crippen LogP contribution in [-0.4, -0.2) is 19.0 Å². The first-order chi connectivity index (χ1) is 7.74. The number of benzene rings is 1. The molecule has 1 amide bonds. The van der Waals surface area contributed by atoms with Crippen molar-refractivity contribution < 1.29 is 4.79 Å². The van der Waals surface area contributed by atoms with Gasteiger partial charge in [0.05, 0.1) is 6.54 Å². The van der Waals surface area contributed by atoms with E-state index >= 15 is 0 Å². The minimum absolute atomic E-state index is 0. The van der Waals surface area contributed by atoms with Crippen LogP contribution < -0.4 is 10.6 Å². The molecule has 0 aliphatic heterocycles. The third kappa shape index (κ3) is 5.20. The number of aryl methyl sites for hydroxylation is 1. The fraction of sp³-hybridized carbons (Fsp3) is 0.462. The van der Waals surface area contributed by atoms with E-state index < -0.39 is 0 Å². The molecule has 2 N–H and O–H groups in total. The van der Waals surface area contributed by atoms with Gasteiger partial charge in [-0.05, 0) is 44.4 Å². The second kappa shape index (κ2) is 6.62. The summed E-state index contributed by atoms with van der Waals surface area (Å²) in [6, 6.07) is 7.84. The zero-order valence-corrected chi connectivity index (χ0v) is 10.8. The van der Waals surface area contributed by atoms with Crippen LogP contribution in [0.2, 0.25) is 0 Å². The molecule has 1 aliphatic rings. The molecular formula is C13H19ClN2O. The average Bonchev–Trinajstić information content (AvgIpc) is 3.05. The SMILES string of the molecule is Cc1ccc(NC(=O)CNCC2CC2)cc1.Cl. The van der Waals surface area contributed by atoms with Crippen molar-refractivity contribution in [2.75, 3.05) is 18.4 Å². The highest BCUT2D eigenvalue weighted by molar-refractivity contribution is 5.92. The summed E-state index contributed by atoms with van der Waals surface area (Å²) in [6.45, 7) is 3.41. The van der Waals surface area contributed by atoms with E-state index in [1.54, 1.807) is 0 Å². The van der Waals surface area contributed by atoms with Crippen molar-refractivity contribution in [1.82, 2.24) is 5.32 Å². The highest BCUT2D eigenvalue weighted by atomic mass is 35.5. The topological polar surface area (TPSA) is 41.1 Å². The van der Waals surface area contributed by atoms with Crippen molar-refractivity contribution in [3.8, 4) is 0 Å². The van der Waals surface area contributed by atoms with E-state index in [1.807, 2.05) is 31.2 Å². The fourth-order valence-corrected chi connectivity index (χ4v) is 1.55. The second-order valence-electron chi connectivity index (χ2n) is 4.49. The zero-order chi connectivity index (χ0) is 11.4. The molecule has 0 atom stereocenters. The second-order valence-corrected chi connectivity index (χ2v) is 4.49. The molecule has 3 nitrogen and oxygen atoms in total. The Morgan fingerprint density at radius 3 is 2.53 bits per heavy atom. The maximum Gasteiger partial charge on any atom is 0.238 e. The number of rotatable bonds is 5. The molecule has 1 fully saturated rings. The summed E-state index contributed by atoms with van der Waals surface area (Å²) < 4.78 is 0. The number of nitrogens with one attached hydrogen (secondary N) is 2. The van der Waals surface area contributed by atoms with Gasteiger partial charge in [-0.2, -0.15) is 0 Å². The zero-order valence-electron chi connectivity index (χ0n) is 10.0. The van der Waals surface area contributed by atoms with Crippen molar-refractivity contribution in [2.45, 2.75) is 19.8 Å². The molecule has 0 spiro atoms. The average molecular weight is 255 g/mol. The van der Waals surface area contributed by atoms with Crippen LogP contribution in [0.4, 0.5) is 5.69 Å². The van der Waals surface area contributed by atoms with Gasteiger partial charge in [0.1, 0.15) is 0 Å². The Hall–Kier alpha value is -1.06. The number of hydrogen-bond acceptors (Lipinski definition) is 2. The minimum Gasteiger partial charge on any atom is -0.325 e. The Bertz CT molecular complexity index is 360. The molecule has 0 bridgehead atoms. The van der Waals surface area contributed by atoms with Gasteiger partial charge in [0.25, 0.3) is 0 Å². The van der Waals surface area contributed by atoms with Gasteiger partial charge in [0, 0.05) is 5.69 Å². The van der Waals surface area contributed by atoms with Crippen LogP contribution in [0.3, 0.4) is 0 Å². The van der Waals surface area contributed by atoms with Crippen LogP contribution in [0, 0.1) is 12.8 Å². The summed E-state index contributed by atoms with van der Waals surface area (Å²) in [5.74, 6) is 0.844. The molecule has 0 radical (unpaired) electrons. The molecule has 2 rings (SSSR count). The van der Waals surface area contributed by atoms with E-state index in [-0.39, 0.29) is 18.3 Å². The first-order valence-electron chi connectivity index (χ1n) is 5.81. The lowest BCUT2D eigenvalue weighted by Crippen LogP contribution is -2.29. The van der Waals surface area contributed by atoms with Gasteiger partial charge in [-0.3, -0.25) is 4.79 Å². The molecule has 1 aromatic rings. The smallest absolute Gasteiger partial charge is 0.238 e. The van der Waals surface area contributed by atoms with Crippen molar-refractivity contribution in [3.63, 3.8) is 0 Å². The van der Waals surface area contributed by atoms with Crippen molar-refractivity contribution in [3.05, 3.63) is 29.8 Å². The third-order valence-electron chi connectivity index (χ3n) is 2.75. The predicted octanol–water partition coefficient (Wildman–Crippen LogP) is 2.35. The van der Waals surface area contributed by atoms with Crippen molar-refractivity contribution in [1.29, 1.82) is 0 Å². The molecule has 17 heavy (non-hydrogen) atoms. The minimum atomic E-state index is 0. The van der Waals surface area contributed by atoms with E-state index in [2.05, 4.69) is 10.6 Å². The quantitative estimate of drug-likeness (QED) is 0.847. The Balaban J connectivity index is 0.00000144. The molecule has 0 saturated heterocycles. The third-order valence-corrected chi connectivity index (χ3v) is 2.75. The molecule has 0 aromatic heterocycles. The lowest BCUT2D eigenvalue weighted by molar-refractivity contribution is -0.115. The molecule has 0 unspecified atom stereocenters. The summed E-state index contributed by atoms with van der Waals surface area (Å²) in [4.78, 5) is 11.5. The van der Waals surface area contributed by atoms with Gasteiger partial charge < -0.3 is 10.6 Å². The Morgan fingerprint density at radius 1 is 1.29 bits per heavy atom. The van der Waals surface area contributed by atoms with Crippen LogP contribution in [0.1, 0.15) is 18.4 Å². The highest BCUT2D eigenvalue weighted by Crippen LogP contribution is 2.27. The largest absolute Gasteiger partial charge is 0.325 e. The Morgan fingerprint density at radius 2 is 1.94 bits per heavy atom. The maximum atomic E-state index is 11.5. The van der Waals surface area contributed by atoms with Crippen LogP contribution in [0.25, 0.3) is 0 Å². The highest BCUT2D eigenvalue weighted by Gasteiger charge is 2.20. The maximum absolute atomic E-state index is 11.5. The number of carbonyl (C=O) groups is 1. The predicted molar refractivity (Wildman–Crippen MR) is 72.7 cm³/mol. The van der Waals surface area contributed by atoms with Gasteiger partial charge in [-0.1, -0.05) is 17.7 Å². The molecule has 0 heterocycles. The Kier molecular flexibility index (Phi) is 5.45. The number of halogens is 1. The van der Waals surface area contributed by atoms with Crippen molar-refractivity contribution in [2.24, 2.45) is 5.92 Å². The van der Waals surface area contributed by atoms with E-state index in [0.29, 0.717) is 6.54 Å². The monoisotopic (exact) mass is 254 g/mol. The number of hydrogen-bond donors (Lipinski definition) is 2. The van der Waals surface area contributed by atoms with E-state index in [0.717, 1.165) is 18.2 Å². The first kappa shape index (κ1) is 14.0. The lowest BCUT2D eigenvalue weighted by atomic mass is 10.2. The van der Waals surface area contributed by atoms with Gasteiger partial charge in [0.2, 0.25) is 5.91 Å². The Labute approximate surface area is 108 Å². The van der Waals surface area contributed by atoms with Crippen LogP contribution in [-0.2, 0) is 4.79 Å². The number of anilines is 1. The van der Waals surface area contributed by atoms with Gasteiger partial charge in [0.15, 0.2) is 0 Å². The fourth-order valence-electron chi connectivity index (χ4n) is 1.55. The first-order valence-corrected chi connectivity index (χ1v) is 5.81. The summed E-state index contributed by atoms with van der Waals surface area (Å²) in [5.41, 5.74) is 2.06. The summed E-state index contributed by atoms with van der Waals surface area (Å²) in [5, 5.41) is 6.03. The lowest BCUT2D eigenvalue weighted by Gasteiger charge is -2.06. The molecule has 94 valence electrons. The van der Waals surface area contributed by atoms with E-state index in [9.17, 15) is 4.79 Å². The number of carbonyl (C=O) groups excluding carboxylic acids is 1. The normalized spacial score (nSPS) is 13.9. The molecule has 1 aliphatic carbocycles. The molecule has 4 heteroatoms. The standard InChI is InChI=1S/C13H18N2O.ClH/c1-10-2-6-12(7-3-10)15-13(16)9-14-8-11-4-5-11;/h2-3,6-7,11,14H,4-5,8-9H2,1H3,(H,15,16);1H. The summed E-state index contributed by atoms with van der Waals surface area (Å²) >= 11 is 0. The van der Waals surface area contributed by atoms with Crippen molar-refractivity contribution >= 4 is 24.0 Å². The molecule has 1 aromatic carbocycles.